The van der Waals surface area contributed by atoms with Gasteiger partial charge in [0.1, 0.15) is 0 Å². The minimum atomic E-state index is -0.562. The van der Waals surface area contributed by atoms with E-state index < -0.39 is 6.10 Å². The summed E-state index contributed by atoms with van der Waals surface area (Å²) >= 11 is 0. The van der Waals surface area contributed by atoms with Gasteiger partial charge in [-0.05, 0) is 37.6 Å². The lowest BCUT2D eigenvalue weighted by Crippen LogP contribution is -2.26. The normalized spacial score (nSPS) is 12.2. The second-order valence-corrected chi connectivity index (χ2v) is 4.97. The zero-order valence-corrected chi connectivity index (χ0v) is 11.8. The monoisotopic (exact) mass is 272 g/mol. The Kier molecular flexibility index (Phi) is 4.58. The van der Waals surface area contributed by atoms with Crippen LogP contribution in [0.15, 0.2) is 42.6 Å². The van der Waals surface area contributed by atoms with Crippen LogP contribution in [-0.4, -0.2) is 22.1 Å². The zero-order valence-electron chi connectivity index (χ0n) is 11.8. The van der Waals surface area contributed by atoms with Crippen molar-refractivity contribution in [3.63, 3.8) is 0 Å². The van der Waals surface area contributed by atoms with Gasteiger partial charge in [-0.1, -0.05) is 17.7 Å². The number of nitrogens with zero attached hydrogens (tertiary/aromatic N) is 1. The molecular weight excluding hydrogens is 252 g/mol. The second kappa shape index (κ2) is 6.39. The Hall–Kier alpha value is -2.07. The first-order chi connectivity index (χ1) is 9.58. The number of amides is 1. The van der Waals surface area contributed by atoms with Gasteiger partial charge in [0, 0.05) is 31.0 Å². The molecule has 1 atom stereocenters. The van der Waals surface area contributed by atoms with Gasteiger partial charge in [-0.3, -0.25) is 4.79 Å². The van der Waals surface area contributed by atoms with E-state index in [0.29, 0.717) is 18.5 Å². The van der Waals surface area contributed by atoms with Gasteiger partial charge in [-0.15, -0.1) is 0 Å². The Morgan fingerprint density at radius 3 is 2.80 bits per heavy atom. The van der Waals surface area contributed by atoms with Crippen molar-refractivity contribution in [2.24, 2.45) is 7.05 Å². The largest absolute Gasteiger partial charge is 0.387 e. The predicted molar refractivity (Wildman–Crippen MR) is 78.5 cm³/mol. The van der Waals surface area contributed by atoms with Crippen molar-refractivity contribution in [2.75, 3.05) is 6.54 Å². The molecule has 0 radical (unpaired) electrons. The number of benzene rings is 1. The van der Waals surface area contributed by atoms with Crippen LogP contribution in [0.2, 0.25) is 0 Å². The molecule has 1 aromatic carbocycles. The van der Waals surface area contributed by atoms with Gasteiger partial charge in [-0.25, -0.2) is 0 Å². The SMILES string of the molecule is Cc1cccc(C(=O)NCCC(O)c2cccn2C)c1. The van der Waals surface area contributed by atoms with E-state index in [1.54, 1.807) is 6.07 Å². The van der Waals surface area contributed by atoms with Crippen LogP contribution in [0.5, 0.6) is 0 Å². The lowest BCUT2D eigenvalue weighted by Gasteiger charge is -2.12. The molecule has 1 heterocycles. The van der Waals surface area contributed by atoms with Gasteiger partial charge in [-0.2, -0.15) is 0 Å². The first-order valence-corrected chi connectivity index (χ1v) is 6.72. The van der Waals surface area contributed by atoms with E-state index in [2.05, 4.69) is 5.32 Å². The number of rotatable bonds is 5. The van der Waals surface area contributed by atoms with Gasteiger partial charge in [0.2, 0.25) is 0 Å². The summed E-state index contributed by atoms with van der Waals surface area (Å²) in [5.74, 6) is -0.104. The highest BCUT2D eigenvalue weighted by Gasteiger charge is 2.11. The van der Waals surface area contributed by atoms with E-state index >= 15 is 0 Å². The maximum atomic E-state index is 11.9. The summed E-state index contributed by atoms with van der Waals surface area (Å²) in [6.45, 7) is 2.40. The number of hydrogen-bond donors (Lipinski definition) is 2. The lowest BCUT2D eigenvalue weighted by atomic mass is 10.1. The molecule has 2 rings (SSSR count). The molecule has 106 valence electrons. The van der Waals surface area contributed by atoms with Gasteiger partial charge in [0.15, 0.2) is 0 Å². The van der Waals surface area contributed by atoms with E-state index in [-0.39, 0.29) is 5.91 Å². The Morgan fingerprint density at radius 2 is 2.15 bits per heavy atom. The molecule has 2 aromatic rings. The van der Waals surface area contributed by atoms with Crippen molar-refractivity contribution < 1.29 is 9.90 Å². The van der Waals surface area contributed by atoms with Crippen LogP contribution in [0.1, 0.15) is 34.1 Å². The van der Waals surface area contributed by atoms with E-state index in [0.717, 1.165) is 11.3 Å². The molecule has 0 fully saturated rings. The minimum absolute atomic E-state index is 0.104. The topological polar surface area (TPSA) is 54.3 Å². The molecule has 0 aliphatic heterocycles. The number of hydrogen-bond acceptors (Lipinski definition) is 2. The van der Waals surface area contributed by atoms with Crippen LogP contribution in [0.4, 0.5) is 0 Å². The number of nitrogens with one attached hydrogen (secondary N) is 1. The average Bonchev–Trinajstić information content (AvgIpc) is 2.85. The van der Waals surface area contributed by atoms with Crippen LogP contribution in [0.3, 0.4) is 0 Å². The average molecular weight is 272 g/mol. The highest BCUT2D eigenvalue weighted by molar-refractivity contribution is 5.94. The zero-order chi connectivity index (χ0) is 14.5. The van der Waals surface area contributed by atoms with E-state index in [4.69, 9.17) is 0 Å². The standard InChI is InChI=1S/C16H20N2O2/c1-12-5-3-6-13(11-12)16(20)17-9-8-15(19)14-7-4-10-18(14)2/h3-7,10-11,15,19H,8-9H2,1-2H3,(H,17,20). The smallest absolute Gasteiger partial charge is 0.251 e. The Labute approximate surface area is 119 Å². The molecule has 1 aromatic heterocycles. The highest BCUT2D eigenvalue weighted by atomic mass is 16.3. The molecule has 4 nitrogen and oxygen atoms in total. The van der Waals surface area contributed by atoms with Crippen molar-refractivity contribution >= 4 is 5.91 Å². The quantitative estimate of drug-likeness (QED) is 0.876. The van der Waals surface area contributed by atoms with Crippen LogP contribution >= 0.6 is 0 Å². The van der Waals surface area contributed by atoms with Gasteiger partial charge < -0.3 is 15.0 Å². The number of aliphatic hydroxyl groups is 1. The van der Waals surface area contributed by atoms with E-state index in [1.165, 1.54) is 0 Å². The van der Waals surface area contributed by atoms with E-state index in [1.807, 2.05) is 55.1 Å². The molecule has 0 bridgehead atoms. The molecule has 1 unspecified atom stereocenters. The molecule has 0 saturated carbocycles. The maximum Gasteiger partial charge on any atom is 0.251 e. The molecule has 4 heteroatoms. The summed E-state index contributed by atoms with van der Waals surface area (Å²) < 4.78 is 1.88. The number of carbonyl (C=O) groups excluding carboxylic acids is 1. The molecule has 0 aliphatic rings. The third-order valence-corrected chi connectivity index (χ3v) is 3.31. The Morgan fingerprint density at radius 1 is 1.35 bits per heavy atom. The number of carbonyl (C=O) groups is 1. The first kappa shape index (κ1) is 14.3. The number of aliphatic hydroxyl groups excluding tert-OH is 1. The van der Waals surface area contributed by atoms with Crippen LogP contribution in [-0.2, 0) is 7.05 Å². The molecule has 1 amide bonds. The van der Waals surface area contributed by atoms with Crippen molar-refractivity contribution in [2.45, 2.75) is 19.4 Å². The van der Waals surface area contributed by atoms with Crippen molar-refractivity contribution in [3.05, 3.63) is 59.4 Å². The molecule has 0 aliphatic carbocycles. The van der Waals surface area contributed by atoms with Crippen molar-refractivity contribution in [3.8, 4) is 0 Å². The third kappa shape index (κ3) is 3.48. The minimum Gasteiger partial charge on any atom is -0.387 e. The maximum absolute atomic E-state index is 11.9. The fraction of sp³-hybridized carbons (Fsp3) is 0.312. The van der Waals surface area contributed by atoms with Crippen molar-refractivity contribution in [1.82, 2.24) is 9.88 Å². The molecule has 20 heavy (non-hydrogen) atoms. The van der Waals surface area contributed by atoms with Crippen LogP contribution in [0, 0.1) is 6.92 Å². The van der Waals surface area contributed by atoms with Gasteiger partial charge in [0.05, 0.1) is 6.10 Å². The fourth-order valence-corrected chi connectivity index (χ4v) is 2.18. The first-order valence-electron chi connectivity index (χ1n) is 6.72. The summed E-state index contributed by atoms with van der Waals surface area (Å²) in [5, 5.41) is 12.9. The van der Waals surface area contributed by atoms with Crippen molar-refractivity contribution in [1.29, 1.82) is 0 Å². The summed E-state index contributed by atoms with van der Waals surface area (Å²) in [6, 6.07) is 11.2. The summed E-state index contributed by atoms with van der Waals surface area (Å²) in [4.78, 5) is 11.9. The lowest BCUT2D eigenvalue weighted by molar-refractivity contribution is 0.0941. The predicted octanol–water partition coefficient (Wildman–Crippen LogP) is 2.19. The van der Waals surface area contributed by atoms with E-state index in [9.17, 15) is 9.90 Å². The molecule has 0 spiro atoms. The second-order valence-electron chi connectivity index (χ2n) is 4.97. The van der Waals surface area contributed by atoms with Gasteiger partial charge in [0.25, 0.3) is 5.91 Å². The Bertz CT molecular complexity index is 590. The number of aromatic nitrogens is 1. The van der Waals surface area contributed by atoms with Gasteiger partial charge >= 0.3 is 0 Å². The molecule has 0 saturated heterocycles. The third-order valence-electron chi connectivity index (χ3n) is 3.31. The number of aryl methyl sites for hydroxylation is 2. The summed E-state index contributed by atoms with van der Waals surface area (Å²) in [5.41, 5.74) is 2.56. The molecule has 2 N–H and O–H groups in total. The van der Waals surface area contributed by atoms with Crippen LogP contribution < -0.4 is 5.32 Å². The summed E-state index contributed by atoms with van der Waals surface area (Å²) in [6.07, 6.45) is 1.83. The Balaban J connectivity index is 1.84. The molecular formula is C16H20N2O2. The summed E-state index contributed by atoms with van der Waals surface area (Å²) in [7, 11) is 1.89. The van der Waals surface area contributed by atoms with Crippen LogP contribution in [0.25, 0.3) is 0 Å². The fourth-order valence-electron chi connectivity index (χ4n) is 2.18. The highest BCUT2D eigenvalue weighted by Crippen LogP contribution is 2.15.